The standard InChI is InChI=1S/C13H27NOS/c1-11(2)13(10-16)8-14(3)6-7-15-9-12-4-5-12/h11-13,16H,4-10H2,1-3H3. The van der Waals surface area contributed by atoms with Crippen LogP contribution in [0.15, 0.2) is 0 Å². The van der Waals surface area contributed by atoms with Crippen molar-refractivity contribution in [3.63, 3.8) is 0 Å². The molecule has 0 aromatic carbocycles. The molecule has 1 saturated carbocycles. The number of hydrogen-bond donors (Lipinski definition) is 1. The van der Waals surface area contributed by atoms with Gasteiger partial charge in [-0.2, -0.15) is 12.6 Å². The quantitative estimate of drug-likeness (QED) is 0.495. The van der Waals surface area contributed by atoms with E-state index in [1.54, 1.807) is 0 Å². The van der Waals surface area contributed by atoms with Crippen molar-refractivity contribution in [2.45, 2.75) is 26.7 Å². The van der Waals surface area contributed by atoms with Crippen LogP contribution >= 0.6 is 12.6 Å². The summed E-state index contributed by atoms with van der Waals surface area (Å²) in [6.07, 6.45) is 2.76. The Morgan fingerprint density at radius 2 is 2.06 bits per heavy atom. The van der Waals surface area contributed by atoms with Crippen LogP contribution in [0.2, 0.25) is 0 Å². The molecule has 0 amide bonds. The van der Waals surface area contributed by atoms with Crippen LogP contribution in [0.25, 0.3) is 0 Å². The molecular weight excluding hydrogens is 218 g/mol. The van der Waals surface area contributed by atoms with Crippen LogP contribution in [0.1, 0.15) is 26.7 Å². The predicted octanol–water partition coefficient (Wildman–Crippen LogP) is 2.55. The van der Waals surface area contributed by atoms with Crippen LogP contribution in [0, 0.1) is 17.8 Å². The Kier molecular flexibility index (Phi) is 6.78. The molecule has 0 radical (unpaired) electrons. The lowest BCUT2D eigenvalue weighted by Gasteiger charge is -2.25. The fourth-order valence-corrected chi connectivity index (χ4v) is 2.26. The van der Waals surface area contributed by atoms with Crippen LogP contribution in [-0.2, 0) is 4.74 Å². The Balaban J connectivity index is 2.01. The Bertz CT molecular complexity index is 183. The Labute approximate surface area is 106 Å². The number of thiol groups is 1. The van der Waals surface area contributed by atoms with E-state index >= 15 is 0 Å². The van der Waals surface area contributed by atoms with Crippen molar-refractivity contribution in [1.29, 1.82) is 0 Å². The Morgan fingerprint density at radius 1 is 1.38 bits per heavy atom. The second-order valence-corrected chi connectivity index (χ2v) is 5.83. The number of rotatable bonds is 9. The molecule has 1 aliphatic rings. The summed E-state index contributed by atoms with van der Waals surface area (Å²) >= 11 is 4.42. The van der Waals surface area contributed by atoms with Crippen LogP contribution < -0.4 is 0 Å². The average Bonchev–Trinajstić information content (AvgIpc) is 3.04. The van der Waals surface area contributed by atoms with Crippen molar-refractivity contribution in [2.24, 2.45) is 17.8 Å². The van der Waals surface area contributed by atoms with E-state index in [0.29, 0.717) is 11.8 Å². The lowest BCUT2D eigenvalue weighted by atomic mass is 9.97. The largest absolute Gasteiger partial charge is 0.380 e. The number of hydrogen-bond acceptors (Lipinski definition) is 3. The van der Waals surface area contributed by atoms with Gasteiger partial charge in [-0.3, -0.25) is 0 Å². The van der Waals surface area contributed by atoms with Gasteiger partial charge in [0.25, 0.3) is 0 Å². The third kappa shape index (κ3) is 6.12. The maximum Gasteiger partial charge on any atom is 0.0593 e. The fraction of sp³-hybridized carbons (Fsp3) is 1.00. The minimum absolute atomic E-state index is 0.691. The van der Waals surface area contributed by atoms with E-state index < -0.39 is 0 Å². The van der Waals surface area contributed by atoms with E-state index in [1.165, 1.54) is 12.8 Å². The number of ether oxygens (including phenoxy) is 1. The third-order valence-electron chi connectivity index (χ3n) is 3.39. The Hall–Kier alpha value is 0.270. The van der Waals surface area contributed by atoms with Crippen molar-refractivity contribution in [2.75, 3.05) is 39.1 Å². The average molecular weight is 245 g/mol. The summed E-state index contributed by atoms with van der Waals surface area (Å²) in [5.74, 6) is 3.26. The highest BCUT2D eigenvalue weighted by molar-refractivity contribution is 7.80. The molecule has 0 aliphatic heterocycles. The van der Waals surface area contributed by atoms with Crippen molar-refractivity contribution in [3.8, 4) is 0 Å². The van der Waals surface area contributed by atoms with Gasteiger partial charge < -0.3 is 9.64 Å². The summed E-state index contributed by atoms with van der Waals surface area (Å²) in [6.45, 7) is 8.59. The van der Waals surface area contributed by atoms with Gasteiger partial charge in [0.2, 0.25) is 0 Å². The molecule has 0 N–H and O–H groups in total. The molecule has 0 bridgehead atoms. The molecule has 1 rings (SSSR count). The second-order valence-electron chi connectivity index (χ2n) is 5.47. The van der Waals surface area contributed by atoms with Gasteiger partial charge in [-0.1, -0.05) is 13.8 Å². The molecular formula is C13H27NOS. The minimum atomic E-state index is 0.691. The molecule has 0 saturated heterocycles. The van der Waals surface area contributed by atoms with E-state index in [2.05, 4.69) is 38.4 Å². The first-order chi connectivity index (χ1) is 7.63. The van der Waals surface area contributed by atoms with Crippen LogP contribution in [0.4, 0.5) is 0 Å². The summed E-state index contributed by atoms with van der Waals surface area (Å²) < 4.78 is 5.64. The molecule has 0 spiro atoms. The van der Waals surface area contributed by atoms with E-state index in [-0.39, 0.29) is 0 Å². The topological polar surface area (TPSA) is 12.5 Å². The van der Waals surface area contributed by atoms with Crippen molar-refractivity contribution < 1.29 is 4.74 Å². The van der Waals surface area contributed by atoms with Gasteiger partial charge in [-0.25, -0.2) is 0 Å². The molecule has 96 valence electrons. The minimum Gasteiger partial charge on any atom is -0.380 e. The van der Waals surface area contributed by atoms with Gasteiger partial charge in [0, 0.05) is 19.7 Å². The van der Waals surface area contributed by atoms with Crippen molar-refractivity contribution in [1.82, 2.24) is 4.90 Å². The molecule has 1 atom stereocenters. The fourth-order valence-electron chi connectivity index (χ4n) is 1.73. The van der Waals surface area contributed by atoms with Gasteiger partial charge in [0.1, 0.15) is 0 Å². The number of nitrogens with zero attached hydrogens (tertiary/aromatic N) is 1. The summed E-state index contributed by atoms with van der Waals surface area (Å²) in [6, 6.07) is 0. The summed E-state index contributed by atoms with van der Waals surface area (Å²) in [5, 5.41) is 0. The molecule has 0 aromatic rings. The molecule has 1 unspecified atom stereocenters. The van der Waals surface area contributed by atoms with Gasteiger partial charge in [-0.15, -0.1) is 0 Å². The zero-order valence-electron chi connectivity index (χ0n) is 11.0. The van der Waals surface area contributed by atoms with Crippen LogP contribution in [0.3, 0.4) is 0 Å². The molecule has 0 heterocycles. The van der Waals surface area contributed by atoms with Crippen molar-refractivity contribution in [3.05, 3.63) is 0 Å². The molecule has 1 aliphatic carbocycles. The zero-order chi connectivity index (χ0) is 12.0. The first-order valence-electron chi connectivity index (χ1n) is 6.50. The van der Waals surface area contributed by atoms with E-state index in [0.717, 1.165) is 38.0 Å². The van der Waals surface area contributed by atoms with Crippen molar-refractivity contribution >= 4 is 12.6 Å². The second kappa shape index (κ2) is 7.57. The summed E-state index contributed by atoms with van der Waals surface area (Å²) in [4.78, 5) is 2.37. The maximum absolute atomic E-state index is 5.64. The van der Waals surface area contributed by atoms with Gasteiger partial charge in [0.05, 0.1) is 6.61 Å². The Morgan fingerprint density at radius 3 is 2.56 bits per heavy atom. The zero-order valence-corrected chi connectivity index (χ0v) is 11.9. The number of likely N-dealkylation sites (N-methyl/N-ethyl adjacent to an activating group) is 1. The highest BCUT2D eigenvalue weighted by atomic mass is 32.1. The first-order valence-corrected chi connectivity index (χ1v) is 7.13. The molecule has 16 heavy (non-hydrogen) atoms. The van der Waals surface area contributed by atoms with Gasteiger partial charge in [0.15, 0.2) is 0 Å². The maximum atomic E-state index is 5.64. The van der Waals surface area contributed by atoms with Gasteiger partial charge in [-0.05, 0) is 43.4 Å². The molecule has 0 aromatic heterocycles. The monoisotopic (exact) mass is 245 g/mol. The lowest BCUT2D eigenvalue weighted by molar-refractivity contribution is 0.0978. The van der Waals surface area contributed by atoms with Crippen LogP contribution in [-0.4, -0.2) is 44.0 Å². The lowest BCUT2D eigenvalue weighted by Crippen LogP contribution is -2.32. The van der Waals surface area contributed by atoms with E-state index in [9.17, 15) is 0 Å². The highest BCUT2D eigenvalue weighted by Gasteiger charge is 2.21. The normalized spacial score (nSPS) is 18.4. The summed E-state index contributed by atoms with van der Waals surface area (Å²) in [5.41, 5.74) is 0. The van der Waals surface area contributed by atoms with E-state index in [1.807, 2.05) is 0 Å². The van der Waals surface area contributed by atoms with Crippen LogP contribution in [0.5, 0.6) is 0 Å². The van der Waals surface area contributed by atoms with Gasteiger partial charge >= 0.3 is 0 Å². The third-order valence-corrected chi connectivity index (χ3v) is 3.86. The molecule has 2 nitrogen and oxygen atoms in total. The molecule has 1 fully saturated rings. The highest BCUT2D eigenvalue weighted by Crippen LogP contribution is 2.28. The SMILES string of the molecule is CC(C)C(CS)CN(C)CCOCC1CC1. The summed E-state index contributed by atoms with van der Waals surface area (Å²) in [7, 11) is 2.18. The first kappa shape index (κ1) is 14.3. The molecule has 3 heteroatoms. The smallest absolute Gasteiger partial charge is 0.0593 e. The van der Waals surface area contributed by atoms with E-state index in [4.69, 9.17) is 4.74 Å². The predicted molar refractivity (Wildman–Crippen MR) is 73.2 cm³/mol.